The lowest BCUT2D eigenvalue weighted by Crippen LogP contribution is -2.12. The van der Waals surface area contributed by atoms with Gasteiger partial charge in [0.05, 0.1) is 13.2 Å². The van der Waals surface area contributed by atoms with E-state index < -0.39 is 0 Å². The first-order chi connectivity index (χ1) is 11.6. The highest BCUT2D eigenvalue weighted by atomic mass is 35.5. The maximum absolute atomic E-state index is 11.9. The molecule has 0 unspecified atom stereocenters. The highest BCUT2D eigenvalue weighted by Gasteiger charge is 2.04. The molecule has 0 fully saturated rings. The lowest BCUT2D eigenvalue weighted by molar-refractivity contribution is -0.116. The third-order valence-electron chi connectivity index (χ3n) is 3.41. The van der Waals surface area contributed by atoms with Crippen LogP contribution in [0.4, 0.5) is 5.69 Å². The molecule has 0 aromatic heterocycles. The first-order valence-corrected chi connectivity index (χ1v) is 8.38. The minimum atomic E-state index is -0.0507. The summed E-state index contributed by atoms with van der Waals surface area (Å²) in [5, 5.41) is 3.48. The van der Waals surface area contributed by atoms with Gasteiger partial charge in [-0.2, -0.15) is 0 Å². The van der Waals surface area contributed by atoms with E-state index in [-0.39, 0.29) is 5.91 Å². The van der Waals surface area contributed by atoms with Crippen LogP contribution in [0.5, 0.6) is 11.5 Å². The van der Waals surface area contributed by atoms with E-state index in [9.17, 15) is 4.79 Å². The van der Waals surface area contributed by atoms with Gasteiger partial charge >= 0.3 is 0 Å². The van der Waals surface area contributed by atoms with E-state index in [2.05, 4.69) is 5.32 Å². The Hall–Kier alpha value is -2.20. The third-order valence-corrected chi connectivity index (χ3v) is 3.81. The van der Waals surface area contributed by atoms with Gasteiger partial charge in [0.1, 0.15) is 11.5 Å². The first-order valence-electron chi connectivity index (χ1n) is 8.00. The summed E-state index contributed by atoms with van der Waals surface area (Å²) < 4.78 is 11.0. The van der Waals surface area contributed by atoms with Gasteiger partial charge in [-0.15, -0.1) is 0 Å². The van der Waals surface area contributed by atoms with Crippen molar-refractivity contribution < 1.29 is 14.3 Å². The van der Waals surface area contributed by atoms with Gasteiger partial charge < -0.3 is 14.8 Å². The fraction of sp³-hybridized carbons (Fsp3) is 0.316. The number of hydrogen-bond donors (Lipinski definition) is 1. The molecule has 2 aromatic rings. The number of carbonyl (C=O) groups excluding carboxylic acids is 1. The number of amides is 1. The van der Waals surface area contributed by atoms with E-state index in [0.717, 1.165) is 17.1 Å². The van der Waals surface area contributed by atoms with Crippen LogP contribution in [0.15, 0.2) is 42.5 Å². The molecule has 4 nitrogen and oxygen atoms in total. The molecule has 0 spiro atoms. The van der Waals surface area contributed by atoms with Crippen LogP contribution in [0, 0.1) is 6.92 Å². The minimum absolute atomic E-state index is 0.0507. The molecular weight excluding hydrogens is 326 g/mol. The average molecular weight is 348 g/mol. The summed E-state index contributed by atoms with van der Waals surface area (Å²) in [6, 6.07) is 12.9. The molecular formula is C19H22ClNO3. The molecule has 0 aliphatic carbocycles. The Morgan fingerprint density at radius 3 is 2.38 bits per heavy atom. The van der Waals surface area contributed by atoms with Crippen LogP contribution in [0.2, 0.25) is 5.02 Å². The van der Waals surface area contributed by atoms with Crippen LogP contribution in [-0.2, 0) is 4.79 Å². The van der Waals surface area contributed by atoms with Crippen LogP contribution in [-0.4, -0.2) is 19.1 Å². The molecule has 0 aliphatic heterocycles. The average Bonchev–Trinajstić information content (AvgIpc) is 2.57. The highest BCUT2D eigenvalue weighted by molar-refractivity contribution is 6.31. The summed E-state index contributed by atoms with van der Waals surface area (Å²) in [6.45, 7) is 4.99. The summed E-state index contributed by atoms with van der Waals surface area (Å²) in [6.07, 6.45) is 1.03. The largest absolute Gasteiger partial charge is 0.494 e. The number of aryl methyl sites for hydroxylation is 1. The Bertz CT molecular complexity index is 671. The highest BCUT2D eigenvalue weighted by Crippen LogP contribution is 2.20. The second-order valence-corrected chi connectivity index (χ2v) is 5.78. The predicted molar refractivity (Wildman–Crippen MR) is 97.2 cm³/mol. The van der Waals surface area contributed by atoms with Crippen molar-refractivity contribution in [3.63, 3.8) is 0 Å². The van der Waals surface area contributed by atoms with E-state index in [1.165, 1.54) is 0 Å². The predicted octanol–water partition coefficient (Wildman–Crippen LogP) is 4.84. The van der Waals surface area contributed by atoms with Crippen molar-refractivity contribution in [3.05, 3.63) is 53.1 Å². The number of hydrogen-bond acceptors (Lipinski definition) is 3. The molecule has 5 heteroatoms. The van der Waals surface area contributed by atoms with Crippen LogP contribution in [0.25, 0.3) is 0 Å². The fourth-order valence-electron chi connectivity index (χ4n) is 2.12. The Kier molecular flexibility index (Phi) is 6.94. The SMILES string of the molecule is CCOc1ccc(OCCCC(=O)Nc2ccc(C)c(Cl)c2)cc1. The van der Waals surface area contributed by atoms with Crippen molar-refractivity contribution in [3.8, 4) is 11.5 Å². The zero-order valence-corrected chi connectivity index (χ0v) is 14.7. The van der Waals surface area contributed by atoms with Gasteiger partial charge in [0.25, 0.3) is 0 Å². The zero-order valence-electron chi connectivity index (χ0n) is 14.0. The smallest absolute Gasteiger partial charge is 0.224 e. The molecule has 2 aromatic carbocycles. The standard InChI is InChI=1S/C19H22ClNO3/c1-3-23-16-8-10-17(11-9-16)24-12-4-5-19(22)21-15-7-6-14(2)18(20)13-15/h6-11,13H,3-5,12H2,1-2H3,(H,21,22). The Morgan fingerprint density at radius 1 is 1.08 bits per heavy atom. The lowest BCUT2D eigenvalue weighted by atomic mass is 10.2. The molecule has 1 amide bonds. The number of anilines is 1. The fourth-order valence-corrected chi connectivity index (χ4v) is 2.30. The van der Waals surface area contributed by atoms with Gasteiger partial charge in [-0.05, 0) is 62.2 Å². The quantitative estimate of drug-likeness (QED) is 0.695. The molecule has 1 N–H and O–H groups in total. The Labute approximate surface area is 147 Å². The second kappa shape index (κ2) is 9.18. The van der Waals surface area contributed by atoms with E-state index in [4.69, 9.17) is 21.1 Å². The monoisotopic (exact) mass is 347 g/mol. The van der Waals surface area contributed by atoms with Gasteiger partial charge in [-0.25, -0.2) is 0 Å². The summed E-state index contributed by atoms with van der Waals surface area (Å²) in [7, 11) is 0. The molecule has 0 radical (unpaired) electrons. The maximum atomic E-state index is 11.9. The zero-order chi connectivity index (χ0) is 17.4. The molecule has 0 heterocycles. The van der Waals surface area contributed by atoms with Crippen molar-refractivity contribution in [2.75, 3.05) is 18.5 Å². The van der Waals surface area contributed by atoms with Crippen molar-refractivity contribution in [2.45, 2.75) is 26.7 Å². The van der Waals surface area contributed by atoms with E-state index in [1.54, 1.807) is 6.07 Å². The minimum Gasteiger partial charge on any atom is -0.494 e. The van der Waals surface area contributed by atoms with Gasteiger partial charge in [0.15, 0.2) is 0 Å². The molecule has 0 saturated heterocycles. The number of benzene rings is 2. The molecule has 0 bridgehead atoms. The summed E-state index contributed by atoms with van der Waals surface area (Å²) in [5.74, 6) is 1.54. The first kappa shape index (κ1) is 18.1. The Balaban J connectivity index is 1.69. The Morgan fingerprint density at radius 2 is 1.75 bits per heavy atom. The van der Waals surface area contributed by atoms with Crippen LogP contribution in [0.3, 0.4) is 0 Å². The van der Waals surface area contributed by atoms with E-state index in [0.29, 0.717) is 36.8 Å². The molecule has 0 aliphatic rings. The van der Waals surface area contributed by atoms with Crippen molar-refractivity contribution >= 4 is 23.2 Å². The van der Waals surface area contributed by atoms with E-state index in [1.807, 2.05) is 50.2 Å². The van der Waals surface area contributed by atoms with Gasteiger partial charge in [-0.1, -0.05) is 17.7 Å². The number of rotatable bonds is 8. The number of carbonyl (C=O) groups is 1. The third kappa shape index (κ3) is 5.78. The van der Waals surface area contributed by atoms with Crippen molar-refractivity contribution in [1.29, 1.82) is 0 Å². The molecule has 0 saturated carbocycles. The van der Waals surface area contributed by atoms with Gasteiger partial charge in [-0.3, -0.25) is 4.79 Å². The molecule has 128 valence electrons. The summed E-state index contributed by atoms with van der Waals surface area (Å²) in [5.41, 5.74) is 1.70. The van der Waals surface area contributed by atoms with Crippen LogP contribution < -0.4 is 14.8 Å². The maximum Gasteiger partial charge on any atom is 0.224 e. The van der Waals surface area contributed by atoms with Gasteiger partial charge in [0, 0.05) is 17.1 Å². The summed E-state index contributed by atoms with van der Waals surface area (Å²) in [4.78, 5) is 11.9. The van der Waals surface area contributed by atoms with Crippen molar-refractivity contribution in [2.24, 2.45) is 0 Å². The number of ether oxygens (including phenoxy) is 2. The molecule has 0 atom stereocenters. The van der Waals surface area contributed by atoms with Gasteiger partial charge in [0.2, 0.25) is 5.91 Å². The number of halogens is 1. The normalized spacial score (nSPS) is 10.3. The number of nitrogens with one attached hydrogen (secondary N) is 1. The molecule has 24 heavy (non-hydrogen) atoms. The van der Waals surface area contributed by atoms with Crippen LogP contribution >= 0.6 is 11.6 Å². The summed E-state index contributed by atoms with van der Waals surface area (Å²) >= 11 is 6.04. The van der Waals surface area contributed by atoms with Crippen LogP contribution in [0.1, 0.15) is 25.3 Å². The molecule has 2 rings (SSSR count). The topological polar surface area (TPSA) is 47.6 Å². The second-order valence-electron chi connectivity index (χ2n) is 5.37. The van der Waals surface area contributed by atoms with E-state index >= 15 is 0 Å². The lowest BCUT2D eigenvalue weighted by Gasteiger charge is -2.09. The van der Waals surface area contributed by atoms with Crippen molar-refractivity contribution in [1.82, 2.24) is 0 Å².